The predicted octanol–water partition coefficient (Wildman–Crippen LogP) is 2.05. The molecular formula is C16H16F2N2O4. The third kappa shape index (κ3) is 3.13. The van der Waals surface area contributed by atoms with E-state index in [2.05, 4.69) is 0 Å². The van der Waals surface area contributed by atoms with Crippen molar-refractivity contribution in [1.82, 2.24) is 4.90 Å². The van der Waals surface area contributed by atoms with E-state index in [1.165, 1.54) is 4.90 Å². The number of carbonyl (C=O) groups excluding carboxylic acids is 2. The van der Waals surface area contributed by atoms with Gasteiger partial charge in [0.25, 0.3) is 0 Å². The number of hydrogen-bond donors (Lipinski definition) is 0. The lowest BCUT2D eigenvalue weighted by Crippen LogP contribution is -2.41. The number of benzene rings is 1. The van der Waals surface area contributed by atoms with Crippen LogP contribution in [0.1, 0.15) is 29.6 Å². The number of rotatable bonds is 4. The third-order valence-electron chi connectivity index (χ3n) is 4.72. The highest BCUT2D eigenvalue weighted by Gasteiger charge is 2.54. The lowest BCUT2D eigenvalue weighted by Gasteiger charge is -2.31. The van der Waals surface area contributed by atoms with Gasteiger partial charge in [-0.2, -0.15) is 0 Å². The van der Waals surface area contributed by atoms with Crippen molar-refractivity contribution in [2.24, 2.45) is 11.8 Å². The Labute approximate surface area is 136 Å². The van der Waals surface area contributed by atoms with Crippen molar-refractivity contribution in [3.63, 3.8) is 0 Å². The van der Waals surface area contributed by atoms with Gasteiger partial charge >= 0.3 is 0 Å². The van der Waals surface area contributed by atoms with Crippen LogP contribution in [-0.2, 0) is 4.79 Å². The molecule has 1 aromatic rings. The van der Waals surface area contributed by atoms with Crippen LogP contribution in [-0.4, -0.2) is 40.6 Å². The van der Waals surface area contributed by atoms with Crippen LogP contribution in [0.5, 0.6) is 0 Å². The molecule has 128 valence electrons. The molecule has 1 aliphatic carbocycles. The van der Waals surface area contributed by atoms with Crippen molar-refractivity contribution < 1.29 is 23.3 Å². The van der Waals surface area contributed by atoms with E-state index in [4.69, 9.17) is 0 Å². The lowest BCUT2D eigenvalue weighted by molar-refractivity contribution is -0.497. The minimum absolute atomic E-state index is 0.250. The van der Waals surface area contributed by atoms with Crippen molar-refractivity contribution in [2.75, 3.05) is 13.1 Å². The summed E-state index contributed by atoms with van der Waals surface area (Å²) in [7, 11) is 0. The summed E-state index contributed by atoms with van der Waals surface area (Å²) in [6.45, 7) is 0.597. The minimum atomic E-state index is -0.793. The molecular weight excluding hydrogens is 322 g/mol. The number of likely N-dealkylation sites (tertiary alicyclic amines) is 1. The Kier molecular flexibility index (Phi) is 4.29. The summed E-state index contributed by atoms with van der Waals surface area (Å²) in [6.07, 6.45) is 0.950. The normalized spacial score (nSPS) is 23.8. The molecule has 0 unspecified atom stereocenters. The molecule has 24 heavy (non-hydrogen) atoms. The summed E-state index contributed by atoms with van der Waals surface area (Å²) in [4.78, 5) is 36.2. The fourth-order valence-electron chi connectivity index (χ4n) is 3.18. The monoisotopic (exact) mass is 338 g/mol. The third-order valence-corrected chi connectivity index (χ3v) is 4.72. The number of piperidine rings is 1. The van der Waals surface area contributed by atoms with Crippen molar-refractivity contribution in [3.05, 3.63) is 45.5 Å². The van der Waals surface area contributed by atoms with Gasteiger partial charge in [0.1, 0.15) is 17.6 Å². The van der Waals surface area contributed by atoms with E-state index >= 15 is 0 Å². The summed E-state index contributed by atoms with van der Waals surface area (Å²) in [5, 5.41) is 10.6. The summed E-state index contributed by atoms with van der Waals surface area (Å²) in [6, 6.07) is 1.97. The molecule has 0 spiro atoms. The van der Waals surface area contributed by atoms with E-state index in [9.17, 15) is 28.5 Å². The largest absolute Gasteiger partial charge is 0.342 e. The highest BCUT2D eigenvalue weighted by Crippen LogP contribution is 2.36. The molecule has 3 rings (SSSR count). The van der Waals surface area contributed by atoms with Gasteiger partial charge in [0.2, 0.25) is 11.9 Å². The van der Waals surface area contributed by atoms with Crippen LogP contribution in [0.3, 0.4) is 0 Å². The Hall–Kier alpha value is -2.38. The van der Waals surface area contributed by atoms with E-state index < -0.39 is 40.2 Å². The Morgan fingerprint density at radius 1 is 1.21 bits per heavy atom. The first-order chi connectivity index (χ1) is 11.4. The minimum Gasteiger partial charge on any atom is -0.342 e. The number of halogens is 2. The molecule has 1 aromatic carbocycles. The van der Waals surface area contributed by atoms with Gasteiger partial charge in [-0.15, -0.1) is 0 Å². The van der Waals surface area contributed by atoms with E-state index in [-0.39, 0.29) is 17.9 Å². The van der Waals surface area contributed by atoms with Crippen molar-refractivity contribution >= 4 is 11.7 Å². The number of Topliss-reactive ketones (excluding diaryl/α,β-unsaturated/α-hetero) is 1. The second-order valence-electron chi connectivity index (χ2n) is 6.28. The molecule has 1 heterocycles. The van der Waals surface area contributed by atoms with Gasteiger partial charge in [-0.25, -0.2) is 8.78 Å². The fourth-order valence-corrected chi connectivity index (χ4v) is 3.18. The molecule has 0 radical (unpaired) electrons. The summed E-state index contributed by atoms with van der Waals surface area (Å²) < 4.78 is 26.9. The van der Waals surface area contributed by atoms with Gasteiger partial charge in [0.05, 0.1) is 5.56 Å². The molecule has 1 saturated carbocycles. The maximum Gasteiger partial charge on any atom is 0.232 e. The van der Waals surface area contributed by atoms with E-state index in [0.29, 0.717) is 25.9 Å². The fraction of sp³-hybridized carbons (Fsp3) is 0.500. The molecule has 1 aliphatic heterocycles. The van der Waals surface area contributed by atoms with Crippen LogP contribution in [0.4, 0.5) is 8.78 Å². The van der Waals surface area contributed by atoms with Gasteiger partial charge in [-0.05, 0) is 31.0 Å². The Bertz CT molecular complexity index is 701. The first-order valence-corrected chi connectivity index (χ1v) is 7.80. The van der Waals surface area contributed by atoms with Crippen molar-refractivity contribution in [2.45, 2.75) is 25.3 Å². The number of nitro groups is 1. The van der Waals surface area contributed by atoms with E-state index in [0.717, 1.165) is 18.2 Å². The SMILES string of the molecule is O=C(c1cc(F)ccc1F)C1CCN(C(=O)[C@H]2C[C@H]2[N+](=O)[O-])CC1. The topological polar surface area (TPSA) is 80.5 Å². The molecule has 0 N–H and O–H groups in total. The summed E-state index contributed by atoms with van der Waals surface area (Å²) >= 11 is 0. The molecule has 1 amide bonds. The molecule has 6 nitrogen and oxygen atoms in total. The number of amides is 1. The van der Waals surface area contributed by atoms with Crippen LogP contribution in [0.2, 0.25) is 0 Å². The standard InChI is InChI=1S/C16H16F2N2O4/c17-10-1-2-13(18)11(7-10)15(21)9-3-5-19(6-4-9)16(22)12-8-14(12)20(23)24/h1-2,7,9,12,14H,3-6,8H2/t12-,14+/m0/s1. The van der Waals surface area contributed by atoms with Crippen LogP contribution in [0.25, 0.3) is 0 Å². The molecule has 8 heteroatoms. The molecule has 0 aromatic heterocycles. The maximum absolute atomic E-state index is 13.7. The lowest BCUT2D eigenvalue weighted by atomic mass is 9.88. The molecule has 2 fully saturated rings. The molecule has 2 aliphatic rings. The number of nitrogens with zero attached hydrogens (tertiary/aromatic N) is 2. The maximum atomic E-state index is 13.7. The Morgan fingerprint density at radius 3 is 2.46 bits per heavy atom. The average molecular weight is 338 g/mol. The van der Waals surface area contributed by atoms with Crippen LogP contribution >= 0.6 is 0 Å². The predicted molar refractivity (Wildman–Crippen MR) is 78.9 cm³/mol. The zero-order valence-corrected chi connectivity index (χ0v) is 12.8. The van der Waals surface area contributed by atoms with Crippen LogP contribution in [0.15, 0.2) is 18.2 Å². The number of ketones is 1. The van der Waals surface area contributed by atoms with Gasteiger partial charge in [-0.3, -0.25) is 19.7 Å². The zero-order chi connectivity index (χ0) is 17.4. The smallest absolute Gasteiger partial charge is 0.232 e. The van der Waals surface area contributed by atoms with Gasteiger partial charge < -0.3 is 4.90 Å². The molecule has 2 atom stereocenters. The van der Waals surface area contributed by atoms with E-state index in [1.807, 2.05) is 0 Å². The summed E-state index contributed by atoms with van der Waals surface area (Å²) in [5.41, 5.74) is -0.268. The van der Waals surface area contributed by atoms with Gasteiger partial charge in [0, 0.05) is 30.4 Å². The van der Waals surface area contributed by atoms with Crippen molar-refractivity contribution in [1.29, 1.82) is 0 Å². The van der Waals surface area contributed by atoms with Gasteiger partial charge in [0.15, 0.2) is 5.78 Å². The highest BCUT2D eigenvalue weighted by molar-refractivity contribution is 5.98. The quantitative estimate of drug-likeness (QED) is 0.478. The highest BCUT2D eigenvalue weighted by atomic mass is 19.1. The first-order valence-electron chi connectivity index (χ1n) is 7.80. The van der Waals surface area contributed by atoms with E-state index in [1.54, 1.807) is 0 Å². The first kappa shape index (κ1) is 16.5. The summed E-state index contributed by atoms with van der Waals surface area (Å²) in [5.74, 6) is -3.18. The van der Waals surface area contributed by atoms with Crippen LogP contribution < -0.4 is 0 Å². The zero-order valence-electron chi connectivity index (χ0n) is 12.8. The van der Waals surface area contributed by atoms with Crippen LogP contribution in [0, 0.1) is 33.6 Å². The second kappa shape index (κ2) is 6.26. The Morgan fingerprint density at radius 2 is 1.88 bits per heavy atom. The van der Waals surface area contributed by atoms with Crippen molar-refractivity contribution in [3.8, 4) is 0 Å². The molecule has 1 saturated heterocycles. The Balaban J connectivity index is 1.59. The average Bonchev–Trinajstić information content (AvgIpc) is 3.37. The number of hydrogen-bond acceptors (Lipinski definition) is 4. The molecule has 0 bridgehead atoms. The number of carbonyl (C=O) groups is 2. The van der Waals surface area contributed by atoms with Gasteiger partial charge in [-0.1, -0.05) is 0 Å². The second-order valence-corrected chi connectivity index (χ2v) is 6.28.